The molecule has 0 radical (unpaired) electrons. The summed E-state index contributed by atoms with van der Waals surface area (Å²) in [5.74, 6) is -0.408. The van der Waals surface area contributed by atoms with Gasteiger partial charge in [0.2, 0.25) is 5.91 Å². The molecule has 3 rings (SSSR count). The lowest BCUT2D eigenvalue weighted by atomic mass is 10.2. The van der Waals surface area contributed by atoms with Crippen molar-refractivity contribution in [3.05, 3.63) is 83.4 Å². The summed E-state index contributed by atoms with van der Waals surface area (Å²) < 4.78 is 33.0. The van der Waals surface area contributed by atoms with E-state index in [2.05, 4.69) is 15.8 Å². The molecule has 11 heteroatoms. The summed E-state index contributed by atoms with van der Waals surface area (Å²) in [6.45, 7) is 0.818. The van der Waals surface area contributed by atoms with E-state index >= 15 is 0 Å². The lowest BCUT2D eigenvalue weighted by Crippen LogP contribution is -2.39. The Morgan fingerprint density at radius 1 is 1.06 bits per heavy atom. The first kappa shape index (κ1) is 25.7. The number of anilines is 2. The molecule has 0 atom stereocenters. The number of nitrogens with one attached hydrogen (secondary N) is 2. The van der Waals surface area contributed by atoms with E-state index in [1.807, 2.05) is 0 Å². The molecule has 2 amide bonds. The maximum Gasteiger partial charge on any atom is 0.264 e. The van der Waals surface area contributed by atoms with Crippen molar-refractivity contribution < 1.29 is 22.7 Å². The van der Waals surface area contributed by atoms with Crippen LogP contribution in [-0.2, 0) is 19.6 Å². The van der Waals surface area contributed by atoms with Gasteiger partial charge in [0.05, 0.1) is 23.9 Å². The van der Waals surface area contributed by atoms with Crippen molar-refractivity contribution >= 4 is 51.0 Å². The van der Waals surface area contributed by atoms with Crippen LogP contribution in [0.5, 0.6) is 5.75 Å². The van der Waals surface area contributed by atoms with Crippen LogP contribution >= 0.6 is 11.6 Å². The number of nitrogens with zero attached hydrogens (tertiary/aromatic N) is 2. The number of carbonyl (C=O) groups is 2. The Hall–Kier alpha value is -3.89. The van der Waals surface area contributed by atoms with Crippen LogP contribution in [0.1, 0.15) is 12.5 Å². The quantitative estimate of drug-likeness (QED) is 0.334. The van der Waals surface area contributed by atoms with Gasteiger partial charge in [0.1, 0.15) is 12.3 Å². The van der Waals surface area contributed by atoms with Crippen molar-refractivity contribution in [3.63, 3.8) is 0 Å². The average Bonchev–Trinajstić information content (AvgIpc) is 2.82. The summed E-state index contributed by atoms with van der Waals surface area (Å²) in [7, 11) is -2.66. The van der Waals surface area contributed by atoms with Gasteiger partial charge in [0.25, 0.3) is 15.9 Å². The van der Waals surface area contributed by atoms with Crippen molar-refractivity contribution in [2.24, 2.45) is 5.10 Å². The lowest BCUT2D eigenvalue weighted by molar-refractivity contribution is -0.119. The number of sulfonamides is 1. The number of methoxy groups -OCH3 is 1. The largest absolute Gasteiger partial charge is 0.497 e. The summed E-state index contributed by atoms with van der Waals surface area (Å²) >= 11 is 5.94. The van der Waals surface area contributed by atoms with Crippen LogP contribution in [0.15, 0.2) is 82.8 Å². The van der Waals surface area contributed by atoms with E-state index in [-0.39, 0.29) is 16.5 Å². The van der Waals surface area contributed by atoms with Crippen LogP contribution in [0.2, 0.25) is 5.02 Å². The number of benzene rings is 3. The van der Waals surface area contributed by atoms with E-state index in [0.29, 0.717) is 22.0 Å². The molecule has 9 nitrogen and oxygen atoms in total. The summed E-state index contributed by atoms with van der Waals surface area (Å²) in [6, 6.07) is 18.7. The molecule has 0 fully saturated rings. The number of hydrogen-bond donors (Lipinski definition) is 2. The molecule has 0 unspecified atom stereocenters. The molecule has 0 aliphatic rings. The molecule has 2 N–H and O–H groups in total. The fourth-order valence-corrected chi connectivity index (χ4v) is 4.66. The van der Waals surface area contributed by atoms with Crippen molar-refractivity contribution in [2.45, 2.75) is 11.8 Å². The highest BCUT2D eigenvalue weighted by Crippen LogP contribution is 2.26. The normalized spacial score (nSPS) is 11.2. The third-order valence-corrected chi connectivity index (χ3v) is 6.69. The van der Waals surface area contributed by atoms with Crippen LogP contribution in [0.3, 0.4) is 0 Å². The third-order valence-electron chi connectivity index (χ3n) is 4.66. The number of ether oxygens (including phenoxy) is 1. The zero-order valence-electron chi connectivity index (χ0n) is 18.9. The van der Waals surface area contributed by atoms with Gasteiger partial charge in [-0.05, 0) is 66.2 Å². The van der Waals surface area contributed by atoms with E-state index < -0.39 is 22.5 Å². The van der Waals surface area contributed by atoms with Crippen molar-refractivity contribution in [2.75, 3.05) is 23.3 Å². The molecule has 35 heavy (non-hydrogen) atoms. The molecule has 0 heterocycles. The van der Waals surface area contributed by atoms with Gasteiger partial charge in [-0.15, -0.1) is 0 Å². The summed E-state index contributed by atoms with van der Waals surface area (Å²) in [5.41, 5.74) is 3.70. The van der Waals surface area contributed by atoms with Crippen LogP contribution in [0, 0.1) is 0 Å². The predicted octanol–water partition coefficient (Wildman–Crippen LogP) is 3.65. The molecule has 0 aromatic heterocycles. The lowest BCUT2D eigenvalue weighted by Gasteiger charge is -2.24. The summed E-state index contributed by atoms with van der Waals surface area (Å²) in [6.07, 6.45) is 1.40. The second kappa shape index (κ2) is 11.5. The van der Waals surface area contributed by atoms with Gasteiger partial charge in [-0.25, -0.2) is 13.8 Å². The van der Waals surface area contributed by atoms with E-state index in [1.54, 1.807) is 36.4 Å². The van der Waals surface area contributed by atoms with Crippen molar-refractivity contribution in [3.8, 4) is 5.75 Å². The molecule has 182 valence electrons. The van der Waals surface area contributed by atoms with E-state index in [9.17, 15) is 18.0 Å². The standard InChI is InChI=1S/C24H23ClN4O5S/c1-17(30)27-20-6-12-23(13-7-20)35(32,33)29(21-8-10-22(34-2)11-9-21)16-24(31)28-26-15-18-4-3-5-19(25)14-18/h3-15H,16H2,1-2H3,(H,27,30)(H,28,31)/b26-15-. The molecular weight excluding hydrogens is 492 g/mol. The minimum absolute atomic E-state index is 0.0577. The second-order valence-corrected chi connectivity index (χ2v) is 9.56. The summed E-state index contributed by atoms with van der Waals surface area (Å²) in [4.78, 5) is 23.8. The van der Waals surface area contributed by atoms with Gasteiger partial charge in [-0.2, -0.15) is 5.10 Å². The Labute approximate surface area is 208 Å². The molecule has 3 aromatic rings. The topological polar surface area (TPSA) is 117 Å². The van der Waals surface area contributed by atoms with Crippen LogP contribution in [-0.4, -0.2) is 40.1 Å². The first-order valence-electron chi connectivity index (χ1n) is 10.3. The Morgan fingerprint density at radius 2 is 1.74 bits per heavy atom. The maximum absolute atomic E-state index is 13.5. The Kier molecular flexibility index (Phi) is 8.45. The van der Waals surface area contributed by atoms with Crippen LogP contribution in [0.4, 0.5) is 11.4 Å². The Balaban J connectivity index is 1.85. The molecular formula is C24H23ClN4O5S. The van der Waals surface area contributed by atoms with E-state index in [1.165, 1.54) is 56.6 Å². The number of rotatable bonds is 9. The molecule has 0 spiro atoms. The highest BCUT2D eigenvalue weighted by molar-refractivity contribution is 7.92. The van der Waals surface area contributed by atoms with Gasteiger partial charge in [0, 0.05) is 17.6 Å². The number of hydrazone groups is 1. The number of amides is 2. The fourth-order valence-electron chi connectivity index (χ4n) is 3.04. The van der Waals surface area contributed by atoms with E-state index in [0.717, 1.165) is 4.31 Å². The van der Waals surface area contributed by atoms with Gasteiger partial charge in [0.15, 0.2) is 0 Å². The zero-order valence-corrected chi connectivity index (χ0v) is 20.5. The fraction of sp³-hybridized carbons (Fsp3) is 0.125. The Bertz CT molecular complexity index is 1330. The first-order valence-corrected chi connectivity index (χ1v) is 12.1. The predicted molar refractivity (Wildman–Crippen MR) is 135 cm³/mol. The average molecular weight is 515 g/mol. The van der Waals surface area contributed by atoms with Gasteiger partial charge < -0.3 is 10.1 Å². The molecule has 0 aliphatic heterocycles. The smallest absolute Gasteiger partial charge is 0.264 e. The first-order chi connectivity index (χ1) is 16.7. The number of carbonyl (C=O) groups excluding carboxylic acids is 2. The summed E-state index contributed by atoms with van der Waals surface area (Å²) in [5, 5.41) is 6.98. The minimum atomic E-state index is -4.15. The van der Waals surface area contributed by atoms with Gasteiger partial charge >= 0.3 is 0 Å². The molecule has 0 saturated carbocycles. The Morgan fingerprint density at radius 3 is 2.34 bits per heavy atom. The van der Waals surface area contributed by atoms with Gasteiger partial charge in [-0.1, -0.05) is 23.7 Å². The van der Waals surface area contributed by atoms with Crippen molar-refractivity contribution in [1.29, 1.82) is 0 Å². The SMILES string of the molecule is COc1ccc(N(CC(=O)N/N=C\c2cccc(Cl)c2)S(=O)(=O)c2ccc(NC(C)=O)cc2)cc1. The highest BCUT2D eigenvalue weighted by Gasteiger charge is 2.27. The zero-order chi connectivity index (χ0) is 25.4. The molecule has 0 saturated heterocycles. The maximum atomic E-state index is 13.5. The molecule has 3 aromatic carbocycles. The van der Waals surface area contributed by atoms with Crippen LogP contribution in [0.25, 0.3) is 0 Å². The monoisotopic (exact) mass is 514 g/mol. The molecule has 0 bridgehead atoms. The minimum Gasteiger partial charge on any atom is -0.497 e. The van der Waals surface area contributed by atoms with E-state index in [4.69, 9.17) is 16.3 Å². The van der Waals surface area contributed by atoms with Crippen LogP contribution < -0.4 is 19.8 Å². The second-order valence-electron chi connectivity index (χ2n) is 7.26. The van der Waals surface area contributed by atoms with Crippen molar-refractivity contribution in [1.82, 2.24) is 5.43 Å². The van der Waals surface area contributed by atoms with Gasteiger partial charge in [-0.3, -0.25) is 13.9 Å². The molecule has 0 aliphatic carbocycles. The number of halogens is 1. The number of hydrogen-bond acceptors (Lipinski definition) is 6. The highest BCUT2D eigenvalue weighted by atomic mass is 35.5. The third kappa shape index (κ3) is 7.05.